The van der Waals surface area contributed by atoms with Crippen molar-refractivity contribution < 1.29 is 9.15 Å². The smallest absolute Gasteiger partial charge is 0.119 e. The van der Waals surface area contributed by atoms with Gasteiger partial charge in [-0.25, -0.2) is 0 Å². The van der Waals surface area contributed by atoms with Crippen LogP contribution in [0.15, 0.2) is 47.3 Å². The van der Waals surface area contributed by atoms with Gasteiger partial charge in [0.1, 0.15) is 10.7 Å². The van der Waals surface area contributed by atoms with E-state index in [1.807, 2.05) is 30.3 Å². The third kappa shape index (κ3) is 5.21. The summed E-state index contributed by atoms with van der Waals surface area (Å²) in [4.78, 5) is 2.62. The molecule has 0 radical (unpaired) electrons. The van der Waals surface area contributed by atoms with Crippen molar-refractivity contribution in [1.82, 2.24) is 4.90 Å². The molecule has 112 valence electrons. The Kier molecular flexibility index (Phi) is 5.78. The number of hydrogen-bond acceptors (Lipinski definition) is 4. The van der Waals surface area contributed by atoms with E-state index in [1.165, 1.54) is 5.56 Å². The zero-order chi connectivity index (χ0) is 15.1. The molecule has 2 rings (SSSR count). The van der Waals surface area contributed by atoms with Crippen molar-refractivity contribution in [1.29, 1.82) is 0 Å². The van der Waals surface area contributed by atoms with Crippen LogP contribution in [0.2, 0.25) is 0 Å². The molecule has 0 aliphatic carbocycles. The van der Waals surface area contributed by atoms with Crippen LogP contribution in [-0.4, -0.2) is 30.1 Å². The molecule has 1 aromatic heterocycles. The number of nitrogens with two attached hydrogens (primary N) is 1. The minimum Gasteiger partial charge on any atom is -0.494 e. The Morgan fingerprint density at radius 3 is 2.95 bits per heavy atom. The van der Waals surface area contributed by atoms with Crippen molar-refractivity contribution in [3.63, 3.8) is 0 Å². The molecule has 4 nitrogen and oxygen atoms in total. The molecule has 1 heterocycles. The van der Waals surface area contributed by atoms with Crippen LogP contribution >= 0.6 is 12.2 Å². The predicted molar refractivity (Wildman–Crippen MR) is 87.5 cm³/mol. The van der Waals surface area contributed by atoms with Crippen LogP contribution < -0.4 is 10.5 Å². The average molecular weight is 304 g/mol. The molecular formula is C16H20N2O2S. The van der Waals surface area contributed by atoms with Gasteiger partial charge < -0.3 is 19.8 Å². The van der Waals surface area contributed by atoms with Gasteiger partial charge in [0.2, 0.25) is 0 Å². The summed E-state index contributed by atoms with van der Waals surface area (Å²) >= 11 is 4.95. The first-order valence-corrected chi connectivity index (χ1v) is 7.28. The van der Waals surface area contributed by atoms with Crippen LogP contribution in [0.1, 0.15) is 17.5 Å². The van der Waals surface area contributed by atoms with E-state index in [4.69, 9.17) is 27.1 Å². The summed E-state index contributed by atoms with van der Waals surface area (Å²) in [6.07, 6.45) is 4.42. The zero-order valence-corrected chi connectivity index (χ0v) is 12.9. The second-order valence-corrected chi connectivity index (χ2v) is 5.40. The number of furan rings is 1. The fourth-order valence-electron chi connectivity index (χ4n) is 2.04. The van der Waals surface area contributed by atoms with Gasteiger partial charge >= 0.3 is 0 Å². The number of rotatable bonds is 8. The maximum atomic E-state index is 5.72. The van der Waals surface area contributed by atoms with E-state index < -0.39 is 0 Å². The number of nitrogens with zero attached hydrogens (tertiary/aromatic N) is 1. The monoisotopic (exact) mass is 304 g/mol. The Labute approximate surface area is 130 Å². The lowest BCUT2D eigenvalue weighted by molar-refractivity contribution is 0.258. The predicted octanol–water partition coefficient (Wildman–Crippen LogP) is 2.81. The lowest BCUT2D eigenvalue weighted by Crippen LogP contribution is -2.20. The molecule has 0 atom stereocenters. The molecule has 2 N–H and O–H groups in total. The van der Waals surface area contributed by atoms with E-state index in [0.29, 0.717) is 11.6 Å². The van der Waals surface area contributed by atoms with Crippen molar-refractivity contribution >= 4 is 17.2 Å². The van der Waals surface area contributed by atoms with E-state index >= 15 is 0 Å². The van der Waals surface area contributed by atoms with Crippen LogP contribution in [0.3, 0.4) is 0 Å². The van der Waals surface area contributed by atoms with Crippen molar-refractivity contribution in [3.05, 3.63) is 54.0 Å². The summed E-state index contributed by atoms with van der Waals surface area (Å²) in [5, 5.41) is 0. The van der Waals surface area contributed by atoms with Gasteiger partial charge in [0, 0.05) is 24.2 Å². The Bertz CT molecular complexity index is 569. The number of thiocarbonyl (C=S) groups is 1. The fourth-order valence-corrected chi connectivity index (χ4v) is 2.16. The largest absolute Gasteiger partial charge is 0.494 e. The van der Waals surface area contributed by atoms with Crippen LogP contribution in [0.5, 0.6) is 5.75 Å². The molecule has 21 heavy (non-hydrogen) atoms. The zero-order valence-electron chi connectivity index (χ0n) is 12.1. The molecule has 0 unspecified atom stereocenters. The van der Waals surface area contributed by atoms with Gasteiger partial charge in [0.05, 0.1) is 19.1 Å². The quantitative estimate of drug-likeness (QED) is 0.600. The van der Waals surface area contributed by atoms with E-state index in [-0.39, 0.29) is 0 Å². The first-order valence-electron chi connectivity index (χ1n) is 6.87. The van der Waals surface area contributed by atoms with E-state index in [9.17, 15) is 0 Å². The number of hydrogen-bond donors (Lipinski definition) is 1. The van der Waals surface area contributed by atoms with Gasteiger partial charge in [-0.15, -0.1) is 0 Å². The molecular weight excluding hydrogens is 284 g/mol. The van der Waals surface area contributed by atoms with Gasteiger partial charge in [0.15, 0.2) is 0 Å². The average Bonchev–Trinajstić information content (AvgIpc) is 2.97. The lowest BCUT2D eigenvalue weighted by Gasteiger charge is -2.15. The molecule has 0 aliphatic heterocycles. The molecule has 0 saturated carbocycles. The van der Waals surface area contributed by atoms with E-state index in [0.717, 1.165) is 30.8 Å². The normalized spacial score (nSPS) is 10.8. The minimum atomic E-state index is 0.389. The fraction of sp³-hybridized carbons (Fsp3) is 0.312. The molecule has 2 aromatic rings. The van der Waals surface area contributed by atoms with Crippen LogP contribution in [0.25, 0.3) is 0 Å². The van der Waals surface area contributed by atoms with Crippen LogP contribution in [0.4, 0.5) is 0 Å². The van der Waals surface area contributed by atoms with Gasteiger partial charge in [-0.05, 0) is 31.7 Å². The van der Waals surface area contributed by atoms with Crippen molar-refractivity contribution in [2.45, 2.75) is 13.0 Å². The minimum absolute atomic E-state index is 0.389. The first kappa shape index (κ1) is 15.5. The SMILES string of the molecule is CN(CCCOc1cccc(C(N)=S)c1)Cc1ccoc1. The molecule has 5 heteroatoms. The molecule has 0 fully saturated rings. The maximum absolute atomic E-state index is 5.72. The van der Waals surface area contributed by atoms with Crippen LogP contribution in [-0.2, 0) is 6.54 Å². The second kappa shape index (κ2) is 7.81. The summed E-state index contributed by atoms with van der Waals surface area (Å²) < 4.78 is 10.8. The second-order valence-electron chi connectivity index (χ2n) is 4.96. The Hall–Kier alpha value is -1.85. The number of benzene rings is 1. The highest BCUT2D eigenvalue weighted by Gasteiger charge is 2.02. The Morgan fingerprint density at radius 2 is 2.24 bits per heavy atom. The molecule has 0 saturated heterocycles. The summed E-state index contributed by atoms with van der Waals surface area (Å²) in [6, 6.07) is 9.55. The molecule has 0 bridgehead atoms. The highest BCUT2D eigenvalue weighted by atomic mass is 32.1. The summed E-state index contributed by atoms with van der Waals surface area (Å²) in [5.41, 5.74) is 7.62. The lowest BCUT2D eigenvalue weighted by atomic mass is 10.2. The third-order valence-electron chi connectivity index (χ3n) is 3.10. The molecule has 0 amide bonds. The standard InChI is InChI=1S/C16H20N2O2S/c1-18(11-13-6-9-19-12-13)7-3-8-20-15-5-2-4-14(10-15)16(17)21/h2,4-6,9-10,12H,3,7-8,11H2,1H3,(H2,17,21). The summed E-state index contributed by atoms with van der Waals surface area (Å²) in [5.74, 6) is 0.804. The molecule has 0 spiro atoms. The summed E-state index contributed by atoms with van der Waals surface area (Å²) in [7, 11) is 2.08. The van der Waals surface area contributed by atoms with Gasteiger partial charge in [0.25, 0.3) is 0 Å². The van der Waals surface area contributed by atoms with E-state index in [2.05, 4.69) is 11.9 Å². The molecule has 1 aromatic carbocycles. The number of ether oxygens (including phenoxy) is 1. The van der Waals surface area contributed by atoms with Gasteiger partial charge in [-0.3, -0.25) is 0 Å². The highest BCUT2D eigenvalue weighted by Crippen LogP contribution is 2.13. The van der Waals surface area contributed by atoms with Gasteiger partial charge in [-0.2, -0.15) is 0 Å². The maximum Gasteiger partial charge on any atom is 0.119 e. The van der Waals surface area contributed by atoms with E-state index in [1.54, 1.807) is 12.5 Å². The Morgan fingerprint density at radius 1 is 1.38 bits per heavy atom. The Balaban J connectivity index is 1.69. The molecule has 0 aliphatic rings. The van der Waals surface area contributed by atoms with Crippen LogP contribution in [0, 0.1) is 0 Å². The van der Waals surface area contributed by atoms with Crippen molar-refractivity contribution in [3.8, 4) is 5.75 Å². The topological polar surface area (TPSA) is 51.6 Å². The summed E-state index contributed by atoms with van der Waals surface area (Å²) in [6.45, 7) is 2.50. The van der Waals surface area contributed by atoms with Gasteiger partial charge in [-0.1, -0.05) is 24.4 Å². The first-order chi connectivity index (χ1) is 10.1. The highest BCUT2D eigenvalue weighted by molar-refractivity contribution is 7.80. The van der Waals surface area contributed by atoms with Crippen molar-refractivity contribution in [2.24, 2.45) is 5.73 Å². The third-order valence-corrected chi connectivity index (χ3v) is 3.34. The van der Waals surface area contributed by atoms with Crippen molar-refractivity contribution in [2.75, 3.05) is 20.2 Å².